The minimum Gasteiger partial charge on any atom is -0.505 e. The summed E-state index contributed by atoms with van der Waals surface area (Å²) >= 11 is 0. The molecule has 0 aliphatic heterocycles. The number of hydrogen-bond donors (Lipinski definition) is 3. The molecule has 1 aromatic heterocycles. The number of fused-ring (bicyclic) bond motifs is 1. The number of aromatic hydroxyl groups is 1. The number of nitrogens with zero attached hydrogens (tertiary/aromatic N) is 1. The van der Waals surface area contributed by atoms with E-state index in [9.17, 15) is 14.7 Å². The first-order valence-electron chi connectivity index (χ1n) is 8.23. The number of carboxylic acids is 1. The minimum atomic E-state index is -1.18. The Hall–Kier alpha value is -3.55. The van der Waals surface area contributed by atoms with E-state index in [-0.39, 0.29) is 11.4 Å². The molecule has 8 heteroatoms. The van der Waals surface area contributed by atoms with E-state index < -0.39 is 18.4 Å². The molecule has 0 aliphatic carbocycles. The molecule has 0 saturated carbocycles. The van der Waals surface area contributed by atoms with Gasteiger partial charge in [-0.2, -0.15) is 0 Å². The van der Waals surface area contributed by atoms with Gasteiger partial charge in [0, 0.05) is 16.5 Å². The highest BCUT2D eigenvalue weighted by molar-refractivity contribution is 6.32. The van der Waals surface area contributed by atoms with Gasteiger partial charge in [-0.3, -0.25) is 9.59 Å². The van der Waals surface area contributed by atoms with Gasteiger partial charge < -0.3 is 20.3 Å². The lowest BCUT2D eigenvalue weighted by Gasteiger charge is -2.12. The van der Waals surface area contributed by atoms with Crippen LogP contribution in [0.2, 0.25) is 0 Å². The van der Waals surface area contributed by atoms with Crippen molar-refractivity contribution in [3.05, 3.63) is 53.9 Å². The second-order valence-electron chi connectivity index (χ2n) is 6.10. The summed E-state index contributed by atoms with van der Waals surface area (Å²) in [7, 11) is 1.97. The number of aryl methyl sites for hydroxylation is 1. The van der Waals surface area contributed by atoms with Gasteiger partial charge in [0.15, 0.2) is 11.4 Å². The van der Waals surface area contributed by atoms with Crippen LogP contribution in [0.25, 0.3) is 10.8 Å². The second-order valence-corrected chi connectivity index (χ2v) is 6.10. The maximum absolute atomic E-state index is 12.1. The summed E-state index contributed by atoms with van der Waals surface area (Å²) in [5.74, 6) is -0.979. The molecule has 7 nitrogen and oxygen atoms in total. The predicted octanol–water partition coefficient (Wildman–Crippen LogP) is 1.11. The van der Waals surface area contributed by atoms with Crippen LogP contribution in [-0.2, 0) is 4.79 Å². The fraction of sp³-hybridized carbons (Fsp3) is 0.105. The lowest BCUT2D eigenvalue weighted by atomic mass is 9.96. The maximum atomic E-state index is 12.1. The highest BCUT2D eigenvalue weighted by Crippen LogP contribution is 2.33. The third kappa shape index (κ3) is 4.00. The first-order valence-corrected chi connectivity index (χ1v) is 8.23. The first kappa shape index (κ1) is 18.3. The number of nitrogens with one attached hydrogen (secondary N) is 1. The van der Waals surface area contributed by atoms with Crippen molar-refractivity contribution in [3.8, 4) is 17.2 Å². The Bertz CT molecular complexity index is 1050. The summed E-state index contributed by atoms with van der Waals surface area (Å²) in [6.07, 6.45) is 0. The molecule has 0 aliphatic rings. The Morgan fingerprint density at radius 1 is 1.15 bits per heavy atom. The normalized spacial score (nSPS) is 10.6. The third-order valence-corrected chi connectivity index (χ3v) is 3.98. The Labute approximate surface area is 156 Å². The topological polar surface area (TPSA) is 109 Å². The smallest absolute Gasteiger partial charge is 0.322 e. The van der Waals surface area contributed by atoms with Crippen molar-refractivity contribution < 1.29 is 24.5 Å². The number of benzene rings is 2. The van der Waals surface area contributed by atoms with Crippen molar-refractivity contribution in [2.24, 2.45) is 0 Å². The molecular formula is C19H17BN2O5. The van der Waals surface area contributed by atoms with Crippen LogP contribution in [0.5, 0.6) is 17.2 Å². The average Bonchev–Trinajstić information content (AvgIpc) is 2.62. The van der Waals surface area contributed by atoms with Crippen molar-refractivity contribution in [2.75, 3.05) is 6.54 Å². The quantitative estimate of drug-likeness (QED) is 0.586. The number of amides is 1. The molecule has 1 heterocycles. The molecule has 0 unspecified atom stereocenters. The predicted molar refractivity (Wildman–Crippen MR) is 103 cm³/mol. The largest absolute Gasteiger partial charge is 0.505 e. The zero-order valence-electron chi connectivity index (χ0n) is 14.8. The summed E-state index contributed by atoms with van der Waals surface area (Å²) in [6, 6.07) is 12.7. The van der Waals surface area contributed by atoms with Gasteiger partial charge in [0.05, 0.1) is 0 Å². The van der Waals surface area contributed by atoms with E-state index in [1.54, 1.807) is 25.1 Å². The monoisotopic (exact) mass is 364 g/mol. The number of rotatable bonds is 5. The highest BCUT2D eigenvalue weighted by atomic mass is 16.5. The fourth-order valence-electron chi connectivity index (χ4n) is 2.71. The third-order valence-electron chi connectivity index (χ3n) is 3.98. The van der Waals surface area contributed by atoms with Gasteiger partial charge in [0.1, 0.15) is 25.9 Å². The lowest BCUT2D eigenvalue weighted by molar-refractivity contribution is -0.135. The van der Waals surface area contributed by atoms with Crippen molar-refractivity contribution in [1.82, 2.24) is 10.3 Å². The van der Waals surface area contributed by atoms with Crippen molar-refractivity contribution in [2.45, 2.75) is 6.92 Å². The van der Waals surface area contributed by atoms with E-state index in [1.165, 1.54) is 0 Å². The van der Waals surface area contributed by atoms with Crippen LogP contribution >= 0.6 is 0 Å². The summed E-state index contributed by atoms with van der Waals surface area (Å²) < 4.78 is 5.85. The number of carboxylic acid groups (broad SMARTS) is 1. The van der Waals surface area contributed by atoms with Gasteiger partial charge in [0.25, 0.3) is 5.91 Å². The van der Waals surface area contributed by atoms with Gasteiger partial charge in [-0.1, -0.05) is 17.6 Å². The molecule has 0 radical (unpaired) electrons. The number of carbonyl (C=O) groups excluding carboxylic acids is 1. The number of pyridine rings is 1. The molecule has 27 heavy (non-hydrogen) atoms. The molecule has 1 amide bonds. The molecule has 3 aromatic rings. The highest BCUT2D eigenvalue weighted by Gasteiger charge is 2.18. The summed E-state index contributed by atoms with van der Waals surface area (Å²) in [4.78, 5) is 26.8. The van der Waals surface area contributed by atoms with Crippen molar-refractivity contribution in [1.29, 1.82) is 0 Å². The number of aliphatic carboxylic acids is 1. The molecule has 3 rings (SSSR count). The van der Waals surface area contributed by atoms with Crippen LogP contribution < -0.4 is 15.5 Å². The molecule has 0 spiro atoms. The van der Waals surface area contributed by atoms with Gasteiger partial charge >= 0.3 is 5.97 Å². The molecular weight excluding hydrogens is 347 g/mol. The fourth-order valence-corrected chi connectivity index (χ4v) is 2.71. The second kappa shape index (κ2) is 7.37. The summed E-state index contributed by atoms with van der Waals surface area (Å²) in [5.41, 5.74) is 1.37. The van der Waals surface area contributed by atoms with E-state index in [0.717, 1.165) is 5.46 Å². The van der Waals surface area contributed by atoms with Crippen LogP contribution in [0.3, 0.4) is 0 Å². The lowest BCUT2D eigenvalue weighted by Crippen LogP contribution is -2.30. The summed E-state index contributed by atoms with van der Waals surface area (Å²) in [6.45, 7) is 1.15. The van der Waals surface area contributed by atoms with Gasteiger partial charge in [-0.15, -0.1) is 0 Å². The number of aromatic nitrogens is 1. The van der Waals surface area contributed by atoms with Gasteiger partial charge in [-0.25, -0.2) is 4.98 Å². The SMILES string of the molecule is Bc1cccc(Oc2ccc3c(O)c(C(=O)NCC(=O)O)nc(C)c3c2)c1. The van der Waals surface area contributed by atoms with Crippen molar-refractivity contribution >= 4 is 36.0 Å². The molecule has 0 atom stereocenters. The van der Waals surface area contributed by atoms with E-state index in [0.29, 0.717) is 28.0 Å². The van der Waals surface area contributed by atoms with Crippen LogP contribution in [0.15, 0.2) is 42.5 Å². The van der Waals surface area contributed by atoms with Crippen LogP contribution in [0.1, 0.15) is 16.2 Å². The molecule has 2 aromatic carbocycles. The van der Waals surface area contributed by atoms with Gasteiger partial charge in [0.2, 0.25) is 0 Å². The van der Waals surface area contributed by atoms with E-state index in [2.05, 4.69) is 10.3 Å². The number of carbonyl (C=O) groups is 2. The Kier molecular flexibility index (Phi) is 4.98. The zero-order chi connectivity index (χ0) is 19.6. The van der Waals surface area contributed by atoms with E-state index in [1.807, 2.05) is 32.1 Å². The Morgan fingerprint density at radius 2 is 1.89 bits per heavy atom. The Balaban J connectivity index is 1.96. The number of hydrogen-bond acceptors (Lipinski definition) is 5. The number of ether oxygens (including phenoxy) is 1. The maximum Gasteiger partial charge on any atom is 0.322 e. The molecule has 0 bridgehead atoms. The first-order chi connectivity index (χ1) is 12.8. The average molecular weight is 364 g/mol. The minimum absolute atomic E-state index is 0.214. The van der Waals surface area contributed by atoms with Crippen LogP contribution in [-0.4, -0.2) is 41.5 Å². The standard InChI is InChI=1S/C19H17BN2O5/c1-10-15-8-13(27-12-4-2-3-11(20)7-12)5-6-14(15)18(25)17(22-10)19(26)21-9-16(23)24/h2-8,25H,9,20H2,1H3,(H,21,26)(H,23,24). The van der Waals surface area contributed by atoms with Crippen LogP contribution in [0, 0.1) is 6.92 Å². The Morgan fingerprint density at radius 3 is 2.59 bits per heavy atom. The molecule has 0 saturated heterocycles. The zero-order valence-corrected chi connectivity index (χ0v) is 14.8. The summed E-state index contributed by atoms with van der Waals surface area (Å²) in [5, 5.41) is 22.3. The van der Waals surface area contributed by atoms with Crippen molar-refractivity contribution in [3.63, 3.8) is 0 Å². The van der Waals surface area contributed by atoms with E-state index in [4.69, 9.17) is 9.84 Å². The molecule has 3 N–H and O–H groups in total. The van der Waals surface area contributed by atoms with E-state index >= 15 is 0 Å². The van der Waals surface area contributed by atoms with Gasteiger partial charge in [-0.05, 0) is 37.3 Å². The molecule has 0 fully saturated rings. The molecule has 136 valence electrons. The van der Waals surface area contributed by atoms with Crippen LogP contribution in [0.4, 0.5) is 0 Å².